The minimum absolute atomic E-state index is 0.0629. The van der Waals surface area contributed by atoms with E-state index in [2.05, 4.69) is 21.0 Å². The van der Waals surface area contributed by atoms with Gasteiger partial charge < -0.3 is 14.9 Å². The van der Waals surface area contributed by atoms with Crippen LogP contribution >= 0.6 is 15.9 Å². The molecule has 0 N–H and O–H groups in total. The van der Waals surface area contributed by atoms with E-state index in [9.17, 15) is 14.9 Å². The van der Waals surface area contributed by atoms with Gasteiger partial charge in [-0.3, -0.25) is 4.79 Å². The van der Waals surface area contributed by atoms with Crippen LogP contribution in [0.15, 0.2) is 34.9 Å². The molecule has 0 spiro atoms. The van der Waals surface area contributed by atoms with E-state index in [-0.39, 0.29) is 18.1 Å². The Morgan fingerprint density at radius 1 is 1.50 bits per heavy atom. The predicted molar refractivity (Wildman–Crippen MR) is 73.9 cm³/mol. The molecule has 0 saturated carbocycles. The Morgan fingerprint density at radius 3 is 2.80 bits per heavy atom. The van der Waals surface area contributed by atoms with E-state index in [4.69, 9.17) is 4.74 Å². The molecular weight excluding hydrogens is 330 g/mol. The maximum atomic E-state index is 12.1. The Kier molecular flexibility index (Phi) is 4.14. The predicted octanol–water partition coefficient (Wildman–Crippen LogP) is 2.45. The minimum atomic E-state index is -0.606. The number of nitrogens with zero attached hydrogens (tertiary/aromatic N) is 3. The summed E-state index contributed by atoms with van der Waals surface area (Å²) in [6.45, 7) is -0.0629. The lowest BCUT2D eigenvalue weighted by molar-refractivity contribution is -0.389. The van der Waals surface area contributed by atoms with Gasteiger partial charge >= 0.3 is 5.82 Å². The Bertz CT molecular complexity index is 668. The zero-order valence-electron chi connectivity index (χ0n) is 10.4. The number of hydrogen-bond acceptors (Lipinski definition) is 5. The van der Waals surface area contributed by atoms with E-state index in [1.807, 2.05) is 0 Å². The third-order valence-corrected chi connectivity index (χ3v) is 3.21. The number of ether oxygens (including phenoxy) is 1. The van der Waals surface area contributed by atoms with Crippen LogP contribution in [0, 0.1) is 10.1 Å². The van der Waals surface area contributed by atoms with Crippen LogP contribution in [0.3, 0.4) is 0 Å². The topological polar surface area (TPSA) is 87.3 Å². The molecule has 8 heteroatoms. The van der Waals surface area contributed by atoms with Crippen LogP contribution in [-0.2, 0) is 6.54 Å². The third kappa shape index (κ3) is 3.02. The average molecular weight is 340 g/mol. The molecule has 0 fully saturated rings. The molecule has 2 rings (SSSR count). The van der Waals surface area contributed by atoms with Crippen LogP contribution in [0.2, 0.25) is 0 Å². The molecule has 0 bridgehead atoms. The second-order valence-corrected chi connectivity index (χ2v) is 4.76. The molecule has 1 aromatic heterocycles. The van der Waals surface area contributed by atoms with Crippen molar-refractivity contribution >= 4 is 27.5 Å². The molecule has 20 heavy (non-hydrogen) atoms. The number of carbonyl (C=O) groups excluding carboxylic acids is 1. The molecule has 0 radical (unpaired) electrons. The summed E-state index contributed by atoms with van der Waals surface area (Å²) in [4.78, 5) is 22.0. The van der Waals surface area contributed by atoms with E-state index in [1.165, 1.54) is 24.1 Å². The summed E-state index contributed by atoms with van der Waals surface area (Å²) in [7, 11) is 1.53. The fourth-order valence-electron chi connectivity index (χ4n) is 1.61. The van der Waals surface area contributed by atoms with Crippen molar-refractivity contribution in [2.45, 2.75) is 6.54 Å². The molecule has 0 aliphatic carbocycles. The number of benzene rings is 1. The molecule has 0 atom stereocenters. The van der Waals surface area contributed by atoms with Crippen molar-refractivity contribution < 1.29 is 14.5 Å². The monoisotopic (exact) mass is 339 g/mol. The van der Waals surface area contributed by atoms with Gasteiger partial charge in [0.25, 0.3) is 0 Å². The van der Waals surface area contributed by atoms with Gasteiger partial charge in [0.15, 0.2) is 5.78 Å². The average Bonchev–Trinajstić information content (AvgIpc) is 2.87. The largest absolute Gasteiger partial charge is 0.496 e. The van der Waals surface area contributed by atoms with Crippen LogP contribution in [0.4, 0.5) is 5.82 Å². The van der Waals surface area contributed by atoms with Gasteiger partial charge in [-0.15, -0.1) is 0 Å². The van der Waals surface area contributed by atoms with Gasteiger partial charge in [0.2, 0.25) is 0 Å². The van der Waals surface area contributed by atoms with Gasteiger partial charge in [0, 0.05) is 5.56 Å². The lowest BCUT2D eigenvalue weighted by atomic mass is 10.1. The second-order valence-electron chi connectivity index (χ2n) is 3.90. The first-order valence-electron chi connectivity index (χ1n) is 5.56. The number of methoxy groups -OCH3 is 1. The lowest BCUT2D eigenvalue weighted by Crippen LogP contribution is -2.11. The van der Waals surface area contributed by atoms with Gasteiger partial charge in [0.1, 0.15) is 12.3 Å². The van der Waals surface area contributed by atoms with E-state index < -0.39 is 4.92 Å². The van der Waals surface area contributed by atoms with E-state index in [1.54, 1.807) is 18.2 Å². The fraction of sp³-hybridized carbons (Fsp3) is 0.167. The van der Waals surface area contributed by atoms with Crippen LogP contribution in [-0.4, -0.2) is 27.6 Å². The highest BCUT2D eigenvalue weighted by molar-refractivity contribution is 9.10. The third-order valence-electron chi connectivity index (χ3n) is 2.59. The van der Waals surface area contributed by atoms with Gasteiger partial charge in [-0.1, -0.05) is 0 Å². The summed E-state index contributed by atoms with van der Waals surface area (Å²) in [6, 6.07) is 6.18. The van der Waals surface area contributed by atoms with Gasteiger partial charge in [0.05, 0.1) is 28.9 Å². The number of ketones is 1. The van der Waals surface area contributed by atoms with Crippen molar-refractivity contribution in [3.63, 3.8) is 0 Å². The molecule has 0 saturated heterocycles. The van der Waals surface area contributed by atoms with Gasteiger partial charge in [-0.2, -0.15) is 4.68 Å². The first-order valence-corrected chi connectivity index (χ1v) is 6.35. The van der Waals surface area contributed by atoms with Crippen LogP contribution in [0.5, 0.6) is 5.75 Å². The number of halogens is 1. The van der Waals surface area contributed by atoms with Crippen molar-refractivity contribution in [1.29, 1.82) is 0 Å². The molecule has 104 valence electrons. The fourth-order valence-corrected chi connectivity index (χ4v) is 2.16. The SMILES string of the molecule is COc1ccc(C(=O)Cn2ccc([N+](=O)[O-])n2)cc1Br. The summed E-state index contributed by atoms with van der Waals surface area (Å²) in [5.41, 5.74) is 0.468. The van der Waals surface area contributed by atoms with E-state index in [0.717, 1.165) is 0 Å². The summed E-state index contributed by atoms with van der Waals surface area (Å²) >= 11 is 3.30. The zero-order chi connectivity index (χ0) is 14.7. The number of nitro groups is 1. The second kappa shape index (κ2) is 5.83. The minimum Gasteiger partial charge on any atom is -0.496 e. The number of hydrogen-bond donors (Lipinski definition) is 0. The molecule has 1 aromatic carbocycles. The highest BCUT2D eigenvalue weighted by Gasteiger charge is 2.15. The standard InChI is InChI=1S/C12H10BrN3O4/c1-20-11-3-2-8(6-9(11)13)10(17)7-15-5-4-12(14-15)16(18)19/h2-6H,7H2,1H3. The number of carbonyl (C=O) groups is 1. The van der Waals surface area contributed by atoms with Crippen LogP contribution in [0.1, 0.15) is 10.4 Å². The summed E-state index contributed by atoms with van der Waals surface area (Å²) in [6.07, 6.45) is 1.40. The summed E-state index contributed by atoms with van der Waals surface area (Å²) in [5.74, 6) is 0.135. The first-order chi connectivity index (χ1) is 9.51. The molecular formula is C12H10BrN3O4. The van der Waals surface area contributed by atoms with Gasteiger partial charge in [-0.25, -0.2) is 0 Å². The van der Waals surface area contributed by atoms with Crippen LogP contribution < -0.4 is 4.74 Å². The number of Topliss-reactive ketones (excluding diaryl/α,β-unsaturated/α-hetero) is 1. The maximum Gasteiger partial charge on any atom is 0.389 e. The van der Waals surface area contributed by atoms with Crippen LogP contribution in [0.25, 0.3) is 0 Å². The molecule has 2 aromatic rings. The van der Waals surface area contributed by atoms with E-state index >= 15 is 0 Å². The zero-order valence-corrected chi connectivity index (χ0v) is 12.0. The highest BCUT2D eigenvalue weighted by Crippen LogP contribution is 2.25. The van der Waals surface area contributed by atoms with Crippen molar-refractivity contribution in [2.75, 3.05) is 7.11 Å². The highest BCUT2D eigenvalue weighted by atomic mass is 79.9. The van der Waals surface area contributed by atoms with Crippen molar-refractivity contribution in [3.05, 3.63) is 50.6 Å². The number of aromatic nitrogens is 2. The summed E-state index contributed by atoms with van der Waals surface area (Å²) < 4.78 is 6.98. The quantitative estimate of drug-likeness (QED) is 0.474. The van der Waals surface area contributed by atoms with E-state index in [0.29, 0.717) is 15.8 Å². The Hall–Kier alpha value is -2.22. The van der Waals surface area contributed by atoms with Crippen molar-refractivity contribution in [1.82, 2.24) is 9.78 Å². The van der Waals surface area contributed by atoms with Crippen molar-refractivity contribution in [2.24, 2.45) is 0 Å². The Labute approximate surface area is 122 Å². The summed E-state index contributed by atoms with van der Waals surface area (Å²) in [5, 5.41) is 14.2. The molecule has 0 aliphatic rings. The maximum absolute atomic E-state index is 12.1. The molecule has 7 nitrogen and oxygen atoms in total. The lowest BCUT2D eigenvalue weighted by Gasteiger charge is -2.05. The molecule has 0 amide bonds. The smallest absolute Gasteiger partial charge is 0.389 e. The molecule has 1 heterocycles. The first kappa shape index (κ1) is 14.2. The normalized spacial score (nSPS) is 10.3. The van der Waals surface area contributed by atoms with Crippen molar-refractivity contribution in [3.8, 4) is 5.75 Å². The molecule has 0 aliphatic heterocycles. The van der Waals surface area contributed by atoms with Gasteiger partial charge in [-0.05, 0) is 39.1 Å². The number of rotatable bonds is 5. The molecule has 0 unspecified atom stereocenters. The Balaban J connectivity index is 2.15. The Morgan fingerprint density at radius 2 is 2.25 bits per heavy atom.